The average molecular weight is 330 g/mol. The van der Waals surface area contributed by atoms with Crippen molar-refractivity contribution in [2.24, 2.45) is 0 Å². The summed E-state index contributed by atoms with van der Waals surface area (Å²) >= 11 is 0. The smallest absolute Gasteiger partial charge is 0.193 e. The van der Waals surface area contributed by atoms with Gasteiger partial charge in [-0.2, -0.15) is 0 Å². The molecule has 0 fully saturated rings. The van der Waals surface area contributed by atoms with E-state index in [1.54, 1.807) is 7.11 Å². The lowest BCUT2D eigenvalue weighted by atomic mass is 9.82. The molecule has 3 nitrogen and oxygen atoms in total. The minimum absolute atomic E-state index is 0.0586. The summed E-state index contributed by atoms with van der Waals surface area (Å²) < 4.78 is 5.41. The van der Waals surface area contributed by atoms with Gasteiger partial charge in [-0.25, -0.2) is 0 Å². The maximum Gasteiger partial charge on any atom is 0.193 e. The summed E-state index contributed by atoms with van der Waals surface area (Å²) in [6.45, 7) is 0. The van der Waals surface area contributed by atoms with Crippen molar-refractivity contribution in [3.8, 4) is 11.5 Å². The Balaban J connectivity index is 1.79. The molecule has 0 saturated carbocycles. The number of methoxy groups -OCH3 is 1. The van der Waals surface area contributed by atoms with Crippen LogP contribution in [0.15, 0.2) is 60.7 Å². The van der Waals surface area contributed by atoms with Crippen LogP contribution in [0.3, 0.4) is 0 Å². The van der Waals surface area contributed by atoms with Gasteiger partial charge in [-0.05, 0) is 17.2 Å². The number of hydrogen-bond donors (Lipinski definition) is 1. The van der Waals surface area contributed by atoms with Gasteiger partial charge in [-0.3, -0.25) is 4.79 Å². The van der Waals surface area contributed by atoms with E-state index in [1.165, 1.54) is 0 Å². The average Bonchev–Trinajstić information content (AvgIpc) is 2.65. The zero-order chi connectivity index (χ0) is 17.4. The number of aromatic hydroxyl groups is 1. The summed E-state index contributed by atoms with van der Waals surface area (Å²) in [5.41, 5.74) is 4.72. The van der Waals surface area contributed by atoms with Crippen LogP contribution in [-0.2, 0) is 12.8 Å². The molecular formula is C22H18O3. The summed E-state index contributed by atoms with van der Waals surface area (Å²) in [5, 5.41) is 10.8. The number of phenols is 1. The van der Waals surface area contributed by atoms with Crippen molar-refractivity contribution in [1.29, 1.82) is 0 Å². The molecule has 0 amide bonds. The fourth-order valence-corrected chi connectivity index (χ4v) is 3.51. The third kappa shape index (κ3) is 2.58. The lowest BCUT2D eigenvalue weighted by molar-refractivity contribution is 0.103. The second-order valence-corrected chi connectivity index (χ2v) is 6.25. The van der Waals surface area contributed by atoms with Crippen LogP contribution in [0.1, 0.15) is 38.2 Å². The Kier molecular flexibility index (Phi) is 3.77. The SMILES string of the molecule is COc1cccc2c1Cc1c(ccc(Cc3ccccc3)c1O)C2=O. The number of ether oxygens (including phenoxy) is 1. The van der Waals surface area contributed by atoms with Crippen molar-refractivity contribution in [3.05, 3.63) is 94.0 Å². The molecule has 25 heavy (non-hydrogen) atoms. The Bertz CT molecular complexity index is 959. The van der Waals surface area contributed by atoms with E-state index < -0.39 is 0 Å². The minimum Gasteiger partial charge on any atom is -0.507 e. The second kappa shape index (κ2) is 6.10. The number of carbonyl (C=O) groups excluding carboxylic acids is 1. The van der Waals surface area contributed by atoms with Crippen molar-refractivity contribution in [2.75, 3.05) is 7.11 Å². The van der Waals surface area contributed by atoms with Gasteiger partial charge in [0.15, 0.2) is 5.78 Å². The third-order valence-corrected chi connectivity index (χ3v) is 4.80. The van der Waals surface area contributed by atoms with Crippen molar-refractivity contribution >= 4 is 5.78 Å². The van der Waals surface area contributed by atoms with E-state index in [0.717, 1.165) is 16.7 Å². The summed E-state index contributed by atoms with van der Waals surface area (Å²) in [6, 6.07) is 19.2. The van der Waals surface area contributed by atoms with Crippen molar-refractivity contribution in [3.63, 3.8) is 0 Å². The minimum atomic E-state index is -0.0586. The lowest BCUT2D eigenvalue weighted by Crippen LogP contribution is -2.16. The van der Waals surface area contributed by atoms with E-state index in [0.29, 0.717) is 35.3 Å². The van der Waals surface area contributed by atoms with Crippen LogP contribution in [0.2, 0.25) is 0 Å². The predicted molar refractivity (Wildman–Crippen MR) is 96.6 cm³/mol. The summed E-state index contributed by atoms with van der Waals surface area (Å²) in [6.07, 6.45) is 1.13. The predicted octanol–water partition coefficient (Wildman–Crippen LogP) is 4.13. The fourth-order valence-electron chi connectivity index (χ4n) is 3.51. The Morgan fingerprint density at radius 2 is 1.68 bits per heavy atom. The van der Waals surface area contributed by atoms with Crippen LogP contribution in [0.4, 0.5) is 0 Å². The van der Waals surface area contributed by atoms with Gasteiger partial charge in [-0.15, -0.1) is 0 Å². The van der Waals surface area contributed by atoms with E-state index in [1.807, 2.05) is 60.7 Å². The van der Waals surface area contributed by atoms with Crippen molar-refractivity contribution in [1.82, 2.24) is 0 Å². The van der Waals surface area contributed by atoms with Gasteiger partial charge >= 0.3 is 0 Å². The van der Waals surface area contributed by atoms with Crippen LogP contribution in [-0.4, -0.2) is 18.0 Å². The first kappa shape index (κ1) is 15.5. The lowest BCUT2D eigenvalue weighted by Gasteiger charge is -2.22. The van der Waals surface area contributed by atoms with Crippen LogP contribution in [0.5, 0.6) is 11.5 Å². The number of carbonyl (C=O) groups is 1. The standard InChI is InChI=1S/C22H18O3/c1-25-20-9-5-8-16-18(20)13-19-17(22(16)24)11-10-15(21(19)23)12-14-6-3-2-4-7-14/h2-11,23H,12-13H2,1H3. The van der Waals surface area contributed by atoms with Crippen LogP contribution in [0, 0.1) is 0 Å². The van der Waals surface area contributed by atoms with Crippen molar-refractivity contribution < 1.29 is 14.6 Å². The second-order valence-electron chi connectivity index (χ2n) is 6.25. The fraction of sp³-hybridized carbons (Fsp3) is 0.136. The molecule has 0 spiro atoms. The first-order valence-corrected chi connectivity index (χ1v) is 8.27. The van der Waals surface area contributed by atoms with Crippen molar-refractivity contribution in [2.45, 2.75) is 12.8 Å². The molecule has 1 aliphatic rings. The highest BCUT2D eigenvalue weighted by Gasteiger charge is 2.28. The van der Waals surface area contributed by atoms with Gasteiger partial charge in [0.25, 0.3) is 0 Å². The van der Waals surface area contributed by atoms with E-state index in [2.05, 4.69) is 0 Å². The number of ketones is 1. The molecule has 1 N–H and O–H groups in total. The summed E-state index contributed by atoms with van der Waals surface area (Å²) in [4.78, 5) is 12.8. The molecule has 124 valence electrons. The third-order valence-electron chi connectivity index (χ3n) is 4.80. The molecular weight excluding hydrogens is 312 g/mol. The van der Waals surface area contributed by atoms with Gasteiger partial charge < -0.3 is 9.84 Å². The Morgan fingerprint density at radius 3 is 2.44 bits per heavy atom. The highest BCUT2D eigenvalue weighted by molar-refractivity contribution is 6.13. The van der Waals surface area contributed by atoms with Gasteiger partial charge in [0, 0.05) is 35.1 Å². The van der Waals surface area contributed by atoms with E-state index in [9.17, 15) is 9.90 Å². The Hall–Kier alpha value is -3.07. The highest BCUT2D eigenvalue weighted by atomic mass is 16.5. The first-order chi connectivity index (χ1) is 12.2. The van der Waals surface area contributed by atoms with Crippen LogP contribution in [0.25, 0.3) is 0 Å². The van der Waals surface area contributed by atoms with Gasteiger partial charge in [0.05, 0.1) is 7.11 Å². The number of hydrogen-bond acceptors (Lipinski definition) is 3. The molecule has 0 bridgehead atoms. The molecule has 3 aromatic rings. The molecule has 0 unspecified atom stereocenters. The van der Waals surface area contributed by atoms with Gasteiger partial charge in [-0.1, -0.05) is 54.6 Å². The Labute approximate surface area is 146 Å². The molecule has 0 radical (unpaired) electrons. The molecule has 0 heterocycles. The van der Waals surface area contributed by atoms with Crippen LogP contribution < -0.4 is 4.74 Å². The number of phenolic OH excluding ortho intramolecular Hbond substituents is 1. The molecule has 0 saturated heterocycles. The maximum absolute atomic E-state index is 12.8. The number of rotatable bonds is 3. The van der Waals surface area contributed by atoms with E-state index >= 15 is 0 Å². The quantitative estimate of drug-likeness (QED) is 0.614. The Morgan fingerprint density at radius 1 is 0.920 bits per heavy atom. The molecule has 0 aliphatic heterocycles. The number of benzene rings is 3. The van der Waals surface area contributed by atoms with Crippen LogP contribution >= 0.6 is 0 Å². The summed E-state index contributed by atoms with van der Waals surface area (Å²) in [5.74, 6) is 0.840. The number of fused-ring (bicyclic) bond motifs is 2. The zero-order valence-electron chi connectivity index (χ0n) is 14.0. The van der Waals surface area contributed by atoms with E-state index in [-0.39, 0.29) is 11.5 Å². The zero-order valence-corrected chi connectivity index (χ0v) is 14.0. The molecule has 4 rings (SSSR count). The molecule has 3 aromatic carbocycles. The molecule has 0 atom stereocenters. The molecule has 0 aromatic heterocycles. The summed E-state index contributed by atoms with van der Waals surface area (Å²) in [7, 11) is 1.60. The molecule has 1 aliphatic carbocycles. The first-order valence-electron chi connectivity index (χ1n) is 8.27. The largest absolute Gasteiger partial charge is 0.507 e. The van der Waals surface area contributed by atoms with E-state index in [4.69, 9.17) is 4.74 Å². The highest BCUT2D eigenvalue weighted by Crippen LogP contribution is 2.38. The topological polar surface area (TPSA) is 46.5 Å². The maximum atomic E-state index is 12.8. The van der Waals surface area contributed by atoms with Gasteiger partial charge in [0.2, 0.25) is 0 Å². The van der Waals surface area contributed by atoms with Gasteiger partial charge in [0.1, 0.15) is 11.5 Å². The molecule has 3 heteroatoms. The monoisotopic (exact) mass is 330 g/mol. The normalized spacial score (nSPS) is 12.4.